The number of benzene rings is 2. The van der Waals surface area contributed by atoms with Gasteiger partial charge in [-0.3, -0.25) is 9.69 Å². The zero-order valence-electron chi connectivity index (χ0n) is 19.5. The minimum absolute atomic E-state index is 0.0613. The van der Waals surface area contributed by atoms with E-state index in [4.69, 9.17) is 0 Å². The predicted molar refractivity (Wildman–Crippen MR) is 121 cm³/mol. The summed E-state index contributed by atoms with van der Waals surface area (Å²) in [6.07, 6.45) is 1.61. The molecule has 35 heavy (non-hydrogen) atoms. The second kappa shape index (κ2) is 9.77. The number of halogens is 4. The second-order valence-corrected chi connectivity index (χ2v) is 10.9. The van der Waals surface area contributed by atoms with Crippen LogP contribution in [0.3, 0.4) is 0 Å². The van der Waals surface area contributed by atoms with Crippen LogP contribution in [0.1, 0.15) is 56.3 Å². The van der Waals surface area contributed by atoms with Crippen molar-refractivity contribution in [3.05, 3.63) is 65.0 Å². The molecule has 1 fully saturated rings. The Bertz CT molecular complexity index is 1170. The fourth-order valence-electron chi connectivity index (χ4n) is 4.03. The van der Waals surface area contributed by atoms with E-state index in [0.29, 0.717) is 24.6 Å². The van der Waals surface area contributed by atoms with Gasteiger partial charge in [0.25, 0.3) is 0 Å². The summed E-state index contributed by atoms with van der Waals surface area (Å²) in [5.74, 6) is -1.95. The van der Waals surface area contributed by atoms with E-state index < -0.39 is 44.6 Å². The molecule has 1 saturated heterocycles. The van der Waals surface area contributed by atoms with Crippen LogP contribution in [0.2, 0.25) is 0 Å². The Morgan fingerprint density at radius 2 is 1.66 bits per heavy atom. The maximum atomic E-state index is 13.6. The van der Waals surface area contributed by atoms with Crippen LogP contribution in [0.15, 0.2) is 42.5 Å². The number of aliphatic carboxylic acids is 1. The highest BCUT2D eigenvalue weighted by molar-refractivity contribution is 7.88. The molecule has 0 amide bonds. The molecule has 3 rings (SSSR count). The molecular weight excluding hydrogens is 490 g/mol. The third-order valence-corrected chi connectivity index (χ3v) is 7.38. The van der Waals surface area contributed by atoms with Gasteiger partial charge in [0.2, 0.25) is 0 Å². The summed E-state index contributed by atoms with van der Waals surface area (Å²) in [6.45, 7) is 5.90. The van der Waals surface area contributed by atoms with Gasteiger partial charge in [0.1, 0.15) is 11.6 Å². The van der Waals surface area contributed by atoms with Crippen LogP contribution in [0, 0.1) is 11.7 Å². The zero-order valence-corrected chi connectivity index (χ0v) is 20.3. The molecule has 1 aliphatic rings. The lowest BCUT2D eigenvalue weighted by atomic mass is 9.83. The molecule has 1 N–H and O–H groups in total. The van der Waals surface area contributed by atoms with Crippen molar-refractivity contribution in [1.29, 1.82) is 0 Å². The van der Waals surface area contributed by atoms with E-state index in [9.17, 15) is 35.9 Å². The Kier molecular flexibility index (Phi) is 7.52. The van der Waals surface area contributed by atoms with Crippen molar-refractivity contribution in [1.82, 2.24) is 4.90 Å². The second-order valence-electron chi connectivity index (χ2n) is 9.34. The van der Waals surface area contributed by atoms with Gasteiger partial charge in [-0.05, 0) is 75.0 Å². The number of carbonyl (C=O) groups is 1. The maximum absolute atomic E-state index is 13.6. The van der Waals surface area contributed by atoms with Crippen LogP contribution in [-0.2, 0) is 20.3 Å². The van der Waals surface area contributed by atoms with Crippen molar-refractivity contribution in [2.24, 2.45) is 5.92 Å². The van der Waals surface area contributed by atoms with E-state index in [1.54, 1.807) is 0 Å². The molecule has 1 unspecified atom stereocenters. The summed E-state index contributed by atoms with van der Waals surface area (Å²) in [5.41, 5.74) is -6.53. The van der Waals surface area contributed by atoms with E-state index in [2.05, 4.69) is 11.1 Å². The van der Waals surface area contributed by atoms with Crippen LogP contribution in [0.5, 0.6) is 5.75 Å². The Hall–Kier alpha value is -2.66. The number of alkyl halides is 3. The predicted octanol–water partition coefficient (Wildman–Crippen LogP) is 5.24. The summed E-state index contributed by atoms with van der Waals surface area (Å²) >= 11 is 0. The molecule has 0 bridgehead atoms. The molecule has 0 aliphatic carbocycles. The molecular formula is C24H27F4NO5S. The number of hydrogen-bond acceptors (Lipinski definition) is 5. The van der Waals surface area contributed by atoms with Crippen molar-refractivity contribution < 1.29 is 40.1 Å². The van der Waals surface area contributed by atoms with Gasteiger partial charge in [-0.25, -0.2) is 4.39 Å². The van der Waals surface area contributed by atoms with E-state index in [1.165, 1.54) is 50.2 Å². The van der Waals surface area contributed by atoms with E-state index in [0.717, 1.165) is 18.9 Å². The largest absolute Gasteiger partial charge is 0.534 e. The quantitative estimate of drug-likeness (QED) is 0.307. The number of carboxylic acids is 1. The fraction of sp³-hybridized carbons (Fsp3) is 0.458. The average Bonchev–Trinajstić information content (AvgIpc) is 2.76. The molecule has 2 aromatic carbocycles. The van der Waals surface area contributed by atoms with Crippen molar-refractivity contribution in [3.8, 4) is 5.75 Å². The van der Waals surface area contributed by atoms with Crippen molar-refractivity contribution in [3.63, 3.8) is 0 Å². The standard InChI is InChI=1S/C24H27F4NO5S/c1-15-10-12-29(13-11-15)21(16-4-7-18(25)8-5-16)19-9-6-17(23(2,3)22(30)31)14-20(19)34-35(32,33)24(26,27)28/h4-9,14-15,21H,10-13H2,1-3H3,(H,30,31). The van der Waals surface area contributed by atoms with Gasteiger partial charge in [0.05, 0.1) is 11.5 Å². The van der Waals surface area contributed by atoms with Crippen molar-refractivity contribution in [2.45, 2.75) is 50.6 Å². The summed E-state index contributed by atoms with van der Waals surface area (Å²) in [6, 6.07) is 8.48. The molecule has 0 radical (unpaired) electrons. The van der Waals surface area contributed by atoms with Gasteiger partial charge in [-0.15, -0.1) is 0 Å². The van der Waals surface area contributed by atoms with Gasteiger partial charge in [0.15, 0.2) is 0 Å². The van der Waals surface area contributed by atoms with Crippen LogP contribution in [-0.4, -0.2) is 43.0 Å². The maximum Gasteiger partial charge on any atom is 0.534 e. The van der Waals surface area contributed by atoms with Crippen molar-refractivity contribution in [2.75, 3.05) is 13.1 Å². The normalized spacial score (nSPS) is 17.2. The minimum Gasteiger partial charge on any atom is -0.481 e. The third kappa shape index (κ3) is 5.78. The van der Waals surface area contributed by atoms with Crippen LogP contribution >= 0.6 is 0 Å². The number of likely N-dealkylation sites (tertiary alicyclic amines) is 1. The summed E-state index contributed by atoms with van der Waals surface area (Å²) in [5, 5.41) is 9.58. The van der Waals surface area contributed by atoms with Gasteiger partial charge in [-0.2, -0.15) is 21.6 Å². The van der Waals surface area contributed by atoms with Crippen LogP contribution in [0.25, 0.3) is 0 Å². The Morgan fingerprint density at radius 1 is 1.09 bits per heavy atom. The Labute approximate surface area is 201 Å². The lowest BCUT2D eigenvalue weighted by Crippen LogP contribution is -2.37. The highest BCUT2D eigenvalue weighted by Gasteiger charge is 2.49. The molecule has 1 heterocycles. The van der Waals surface area contributed by atoms with Gasteiger partial charge >= 0.3 is 21.6 Å². The van der Waals surface area contributed by atoms with Gasteiger partial charge < -0.3 is 9.29 Å². The first-order chi connectivity index (χ1) is 16.1. The topological polar surface area (TPSA) is 83.9 Å². The number of rotatable bonds is 7. The summed E-state index contributed by atoms with van der Waals surface area (Å²) in [4.78, 5) is 13.7. The van der Waals surface area contributed by atoms with Crippen molar-refractivity contribution >= 4 is 16.1 Å². The number of carboxylic acid groups (broad SMARTS) is 1. The fourth-order valence-corrected chi connectivity index (χ4v) is 4.50. The third-order valence-electron chi connectivity index (χ3n) is 6.42. The first-order valence-electron chi connectivity index (χ1n) is 11.0. The molecule has 0 aromatic heterocycles. The van der Waals surface area contributed by atoms with Crippen LogP contribution < -0.4 is 4.18 Å². The number of nitrogens with zero attached hydrogens (tertiary/aromatic N) is 1. The highest BCUT2D eigenvalue weighted by Crippen LogP contribution is 2.41. The van der Waals surface area contributed by atoms with E-state index in [-0.39, 0.29) is 11.1 Å². The number of hydrogen-bond donors (Lipinski definition) is 1. The lowest BCUT2D eigenvalue weighted by Gasteiger charge is -2.38. The summed E-state index contributed by atoms with van der Waals surface area (Å²) < 4.78 is 81.8. The number of piperidine rings is 1. The molecule has 0 spiro atoms. The first-order valence-corrected chi connectivity index (χ1v) is 12.4. The minimum atomic E-state index is -6.04. The molecule has 1 atom stereocenters. The molecule has 11 heteroatoms. The van der Waals surface area contributed by atoms with E-state index >= 15 is 0 Å². The Balaban J connectivity index is 2.22. The van der Waals surface area contributed by atoms with E-state index in [1.807, 2.05) is 4.90 Å². The van der Waals surface area contributed by atoms with Gasteiger partial charge in [0, 0.05) is 5.56 Å². The first kappa shape index (κ1) is 26.9. The van der Waals surface area contributed by atoms with Gasteiger partial charge in [-0.1, -0.05) is 31.2 Å². The average molecular weight is 518 g/mol. The highest BCUT2D eigenvalue weighted by atomic mass is 32.2. The molecule has 192 valence electrons. The molecule has 6 nitrogen and oxygen atoms in total. The smallest absolute Gasteiger partial charge is 0.481 e. The zero-order chi connectivity index (χ0) is 26.2. The molecule has 1 aliphatic heterocycles. The van der Waals surface area contributed by atoms with Crippen LogP contribution in [0.4, 0.5) is 17.6 Å². The monoisotopic (exact) mass is 517 g/mol. The Morgan fingerprint density at radius 3 is 2.17 bits per heavy atom. The lowest BCUT2D eigenvalue weighted by molar-refractivity contribution is -0.142. The molecule has 2 aromatic rings. The summed E-state index contributed by atoms with van der Waals surface area (Å²) in [7, 11) is -6.04. The SMILES string of the molecule is CC1CCN(C(c2ccc(F)cc2)c2ccc(C(C)(C)C(=O)O)cc2OS(=O)(=O)C(F)(F)F)CC1. The molecule has 0 saturated carbocycles.